The highest BCUT2D eigenvalue weighted by molar-refractivity contribution is 5.58. The molecule has 0 atom stereocenters. The maximum Gasteiger partial charge on any atom is 0.433 e. The van der Waals surface area contributed by atoms with Crippen LogP contribution in [0, 0.1) is 17.0 Å². The number of hydrogen-bond donors (Lipinski definition) is 1. The minimum atomic E-state index is -0.604. The summed E-state index contributed by atoms with van der Waals surface area (Å²) in [7, 11) is 0. The van der Waals surface area contributed by atoms with Crippen molar-refractivity contribution in [3.8, 4) is 11.6 Å². The molecular formula is C14H18N6O3. The summed E-state index contributed by atoms with van der Waals surface area (Å²) < 4.78 is 5.12. The second-order valence-electron chi connectivity index (χ2n) is 4.69. The van der Waals surface area contributed by atoms with Crippen LogP contribution in [-0.4, -0.2) is 39.2 Å². The number of anilines is 1. The highest BCUT2D eigenvalue weighted by atomic mass is 16.6. The van der Waals surface area contributed by atoms with Gasteiger partial charge in [0.2, 0.25) is 0 Å². The summed E-state index contributed by atoms with van der Waals surface area (Å²) in [5.41, 5.74) is 3.51. The molecule has 23 heavy (non-hydrogen) atoms. The summed E-state index contributed by atoms with van der Waals surface area (Å²) in [5.74, 6) is 0.629. The van der Waals surface area contributed by atoms with Crippen molar-refractivity contribution in [3.63, 3.8) is 0 Å². The molecule has 9 heteroatoms. The number of aromatic nitrogens is 2. The Bertz CT molecular complexity index is 708. The fourth-order valence-corrected chi connectivity index (χ4v) is 1.85. The molecule has 0 bridgehead atoms. The van der Waals surface area contributed by atoms with E-state index in [1.807, 2.05) is 18.7 Å². The molecule has 122 valence electrons. The van der Waals surface area contributed by atoms with Crippen LogP contribution in [0.25, 0.3) is 11.6 Å². The molecule has 0 radical (unpaired) electrons. The van der Waals surface area contributed by atoms with Gasteiger partial charge < -0.3 is 9.32 Å². The number of furan rings is 1. The van der Waals surface area contributed by atoms with Crippen LogP contribution in [0.1, 0.15) is 19.5 Å². The molecule has 0 aliphatic carbocycles. The van der Waals surface area contributed by atoms with Gasteiger partial charge in [-0.2, -0.15) is 5.10 Å². The van der Waals surface area contributed by atoms with Crippen molar-refractivity contribution in [1.82, 2.24) is 14.9 Å². The highest BCUT2D eigenvalue weighted by Crippen LogP contribution is 2.24. The lowest BCUT2D eigenvalue weighted by molar-refractivity contribution is -0.401. The van der Waals surface area contributed by atoms with Gasteiger partial charge >= 0.3 is 5.88 Å². The van der Waals surface area contributed by atoms with E-state index in [0.29, 0.717) is 11.5 Å². The van der Waals surface area contributed by atoms with Gasteiger partial charge in [0.1, 0.15) is 11.3 Å². The third-order valence-corrected chi connectivity index (χ3v) is 3.06. The Morgan fingerprint density at radius 1 is 1.39 bits per heavy atom. The Labute approximate surface area is 133 Å². The normalized spacial score (nSPS) is 10.9. The molecule has 0 fully saturated rings. The first kappa shape index (κ1) is 16.4. The fourth-order valence-electron chi connectivity index (χ4n) is 1.85. The van der Waals surface area contributed by atoms with Crippen molar-refractivity contribution < 1.29 is 9.34 Å². The largest absolute Gasteiger partial charge is 0.433 e. The first-order valence-electron chi connectivity index (χ1n) is 7.17. The molecule has 9 nitrogen and oxygen atoms in total. The minimum Gasteiger partial charge on any atom is -0.397 e. The Morgan fingerprint density at radius 2 is 2.13 bits per heavy atom. The molecule has 0 aliphatic rings. The van der Waals surface area contributed by atoms with E-state index in [-0.39, 0.29) is 17.5 Å². The molecule has 1 N–H and O–H groups in total. The third-order valence-electron chi connectivity index (χ3n) is 3.06. The van der Waals surface area contributed by atoms with E-state index in [9.17, 15) is 10.1 Å². The van der Waals surface area contributed by atoms with E-state index in [1.54, 1.807) is 19.3 Å². The Morgan fingerprint density at radius 3 is 2.74 bits per heavy atom. The standard InChI is InChI=1S/C14H18N6O3/c1-4-19(5-2)9-15-18-12-8-10(3)16-14(17-12)11-6-7-13(23-11)20(21)22/h6-9H,4-5H2,1-3H3,(H,16,17,18)/b15-9+. The first-order valence-corrected chi connectivity index (χ1v) is 7.17. The van der Waals surface area contributed by atoms with Crippen molar-refractivity contribution in [2.45, 2.75) is 20.8 Å². The van der Waals surface area contributed by atoms with E-state index in [0.717, 1.165) is 13.1 Å². The van der Waals surface area contributed by atoms with Crippen LogP contribution in [0.5, 0.6) is 0 Å². The van der Waals surface area contributed by atoms with Gasteiger partial charge in [0.15, 0.2) is 17.4 Å². The molecule has 0 aliphatic heterocycles. The monoisotopic (exact) mass is 318 g/mol. The SMILES string of the molecule is CCN(/C=N/Nc1cc(C)nc(-c2ccc([N+](=O)[O-])o2)n1)CC. The Hall–Kier alpha value is -2.97. The van der Waals surface area contributed by atoms with E-state index >= 15 is 0 Å². The number of nitro groups is 1. The van der Waals surface area contributed by atoms with Gasteiger partial charge in [0.05, 0.1) is 6.07 Å². The predicted octanol–water partition coefficient (Wildman–Crippen LogP) is 2.65. The van der Waals surface area contributed by atoms with Crippen molar-refractivity contribution in [3.05, 3.63) is 34.0 Å². The van der Waals surface area contributed by atoms with Crippen LogP contribution in [0.2, 0.25) is 0 Å². The van der Waals surface area contributed by atoms with Crippen molar-refractivity contribution in [2.24, 2.45) is 5.10 Å². The average molecular weight is 318 g/mol. The molecule has 2 heterocycles. The summed E-state index contributed by atoms with van der Waals surface area (Å²) in [6.45, 7) is 7.57. The van der Waals surface area contributed by atoms with E-state index in [2.05, 4.69) is 20.5 Å². The molecule has 2 aromatic rings. The molecule has 0 saturated heterocycles. The zero-order valence-corrected chi connectivity index (χ0v) is 13.2. The zero-order chi connectivity index (χ0) is 16.8. The summed E-state index contributed by atoms with van der Waals surface area (Å²) in [5, 5.41) is 14.8. The molecular weight excluding hydrogens is 300 g/mol. The van der Waals surface area contributed by atoms with E-state index in [1.165, 1.54) is 12.1 Å². The van der Waals surface area contributed by atoms with Gasteiger partial charge in [-0.1, -0.05) is 0 Å². The highest BCUT2D eigenvalue weighted by Gasteiger charge is 2.15. The van der Waals surface area contributed by atoms with E-state index < -0.39 is 4.92 Å². The molecule has 0 spiro atoms. The molecule has 2 aromatic heterocycles. The van der Waals surface area contributed by atoms with Crippen LogP contribution in [0.15, 0.2) is 27.7 Å². The Balaban J connectivity index is 2.19. The number of hydrazone groups is 1. The first-order chi connectivity index (χ1) is 11.0. The van der Waals surface area contributed by atoms with Gasteiger partial charge in [-0.05, 0) is 26.8 Å². The van der Waals surface area contributed by atoms with Crippen LogP contribution >= 0.6 is 0 Å². The number of hydrogen-bond acceptors (Lipinski definition) is 7. The Kier molecular flexibility index (Phi) is 5.23. The second-order valence-corrected chi connectivity index (χ2v) is 4.69. The van der Waals surface area contributed by atoms with Gasteiger partial charge in [0, 0.05) is 24.8 Å². The average Bonchev–Trinajstić information content (AvgIpc) is 3.01. The van der Waals surface area contributed by atoms with Crippen LogP contribution in [0.3, 0.4) is 0 Å². The zero-order valence-electron chi connectivity index (χ0n) is 13.2. The van der Waals surface area contributed by atoms with Gasteiger partial charge in [-0.3, -0.25) is 15.5 Å². The third kappa shape index (κ3) is 4.25. The summed E-state index contributed by atoms with van der Waals surface area (Å²) >= 11 is 0. The minimum absolute atomic E-state index is 0.233. The summed E-state index contributed by atoms with van der Waals surface area (Å²) in [6.07, 6.45) is 1.69. The van der Waals surface area contributed by atoms with Gasteiger partial charge in [-0.25, -0.2) is 9.97 Å². The molecule has 2 rings (SSSR count). The quantitative estimate of drug-likeness (QED) is 0.361. The van der Waals surface area contributed by atoms with Crippen molar-refractivity contribution in [2.75, 3.05) is 18.5 Å². The lowest BCUT2D eigenvalue weighted by Crippen LogP contribution is -2.21. The number of nitrogens with zero attached hydrogens (tertiary/aromatic N) is 5. The van der Waals surface area contributed by atoms with Crippen LogP contribution < -0.4 is 5.43 Å². The second kappa shape index (κ2) is 7.34. The van der Waals surface area contributed by atoms with Gasteiger partial charge in [0.25, 0.3) is 0 Å². The summed E-state index contributed by atoms with van der Waals surface area (Å²) in [4.78, 5) is 20.6. The topological polar surface area (TPSA) is 110 Å². The van der Waals surface area contributed by atoms with E-state index in [4.69, 9.17) is 4.42 Å². The fraction of sp³-hybridized carbons (Fsp3) is 0.357. The lowest BCUT2D eigenvalue weighted by atomic mass is 10.3. The van der Waals surface area contributed by atoms with Crippen LogP contribution in [0.4, 0.5) is 11.7 Å². The summed E-state index contributed by atoms with van der Waals surface area (Å²) in [6, 6.07) is 4.46. The maximum atomic E-state index is 10.7. The number of rotatable bonds is 7. The van der Waals surface area contributed by atoms with Gasteiger partial charge in [-0.15, -0.1) is 0 Å². The smallest absolute Gasteiger partial charge is 0.397 e. The number of nitrogens with one attached hydrogen (secondary N) is 1. The molecule has 0 unspecified atom stereocenters. The predicted molar refractivity (Wildman–Crippen MR) is 86.2 cm³/mol. The maximum absolute atomic E-state index is 10.7. The molecule has 0 saturated carbocycles. The molecule has 0 aromatic carbocycles. The molecule has 0 amide bonds. The lowest BCUT2D eigenvalue weighted by Gasteiger charge is -2.13. The number of aryl methyl sites for hydroxylation is 1. The van der Waals surface area contributed by atoms with Crippen LogP contribution in [-0.2, 0) is 0 Å². The van der Waals surface area contributed by atoms with Crippen molar-refractivity contribution >= 4 is 18.0 Å². The van der Waals surface area contributed by atoms with Crippen molar-refractivity contribution in [1.29, 1.82) is 0 Å².